The van der Waals surface area contributed by atoms with Crippen molar-refractivity contribution in [2.24, 2.45) is 5.41 Å². The highest BCUT2D eigenvalue weighted by atomic mass is 32.1. The lowest BCUT2D eigenvalue weighted by Crippen LogP contribution is -2.60. The zero-order chi connectivity index (χ0) is 29.9. The lowest BCUT2D eigenvalue weighted by molar-refractivity contribution is -0.126. The Kier molecular flexibility index (Phi) is 6.66. The van der Waals surface area contributed by atoms with Crippen LogP contribution < -0.4 is 4.90 Å². The minimum absolute atomic E-state index is 0.199. The number of alkyl halides is 3. The van der Waals surface area contributed by atoms with Crippen LogP contribution in [0.15, 0.2) is 35.2 Å². The van der Waals surface area contributed by atoms with Gasteiger partial charge in [-0.25, -0.2) is 14.6 Å². The number of benzene rings is 1. The van der Waals surface area contributed by atoms with Gasteiger partial charge >= 0.3 is 6.18 Å². The van der Waals surface area contributed by atoms with Gasteiger partial charge in [0.2, 0.25) is 0 Å². The van der Waals surface area contributed by atoms with E-state index in [-0.39, 0.29) is 10.3 Å². The van der Waals surface area contributed by atoms with Gasteiger partial charge < -0.3 is 9.47 Å². The second-order valence-corrected chi connectivity index (χ2v) is 13.0. The van der Waals surface area contributed by atoms with Gasteiger partial charge in [0, 0.05) is 40.8 Å². The molecule has 13 heteroatoms. The molecular formula is C30H29F3N8OS. The van der Waals surface area contributed by atoms with Crippen LogP contribution in [-0.2, 0) is 19.5 Å². The van der Waals surface area contributed by atoms with E-state index >= 15 is 0 Å². The number of nitriles is 1. The molecule has 9 nitrogen and oxygen atoms in total. The number of hydrogen-bond donors (Lipinski definition) is 0. The van der Waals surface area contributed by atoms with Crippen LogP contribution >= 0.6 is 11.3 Å². The summed E-state index contributed by atoms with van der Waals surface area (Å²) in [7, 11) is 0. The molecule has 4 aromatic heterocycles. The Bertz CT molecular complexity index is 1870. The van der Waals surface area contributed by atoms with Crippen molar-refractivity contribution in [3.8, 4) is 6.07 Å². The molecule has 0 N–H and O–H groups in total. The minimum Gasteiger partial charge on any atom is -0.355 e. The largest absolute Gasteiger partial charge is 0.393 e. The van der Waals surface area contributed by atoms with Crippen LogP contribution in [0.25, 0.3) is 21.1 Å². The van der Waals surface area contributed by atoms with Gasteiger partial charge in [-0.2, -0.15) is 18.4 Å². The average Bonchev–Trinajstić information content (AvgIpc) is 3.65. The normalized spacial score (nSPS) is 17.2. The number of fused-ring (bicyclic) bond motifs is 2. The molecule has 2 fully saturated rings. The van der Waals surface area contributed by atoms with Crippen molar-refractivity contribution in [2.45, 2.75) is 52.4 Å². The molecule has 222 valence electrons. The molecule has 0 bridgehead atoms. The summed E-state index contributed by atoms with van der Waals surface area (Å²) in [6.07, 6.45) is -1.61. The number of likely N-dealkylation sites (tertiary alicyclic amines) is 1. The first kappa shape index (κ1) is 27.8. The summed E-state index contributed by atoms with van der Waals surface area (Å²) in [5.74, 6) is 0.741. The number of piperidine rings is 1. The molecule has 0 radical (unpaired) electrons. The summed E-state index contributed by atoms with van der Waals surface area (Å²) < 4.78 is 45.7. The Morgan fingerprint density at radius 2 is 1.84 bits per heavy atom. The second-order valence-electron chi connectivity index (χ2n) is 11.9. The third-order valence-corrected chi connectivity index (χ3v) is 10.1. The molecule has 0 atom stereocenters. The first-order valence-electron chi connectivity index (χ1n) is 14.2. The first-order valence-corrected chi connectivity index (χ1v) is 15.0. The van der Waals surface area contributed by atoms with Crippen molar-refractivity contribution < 1.29 is 17.8 Å². The molecule has 5 aromatic rings. The summed E-state index contributed by atoms with van der Waals surface area (Å²) >= 11 is 1.09. The van der Waals surface area contributed by atoms with Gasteiger partial charge in [-0.3, -0.25) is 4.90 Å². The zero-order valence-electron chi connectivity index (χ0n) is 23.8. The van der Waals surface area contributed by atoms with Gasteiger partial charge in [-0.15, -0.1) is 11.3 Å². The van der Waals surface area contributed by atoms with Crippen molar-refractivity contribution in [3.63, 3.8) is 0 Å². The highest BCUT2D eigenvalue weighted by Gasteiger charge is 2.46. The molecule has 2 aliphatic rings. The maximum absolute atomic E-state index is 12.9. The van der Waals surface area contributed by atoms with Gasteiger partial charge in [0.15, 0.2) is 0 Å². The molecule has 0 amide bonds. The molecule has 0 saturated carbocycles. The van der Waals surface area contributed by atoms with E-state index in [1.807, 2.05) is 17.6 Å². The van der Waals surface area contributed by atoms with E-state index < -0.39 is 12.6 Å². The smallest absolute Gasteiger partial charge is 0.355 e. The lowest BCUT2D eigenvalue weighted by Gasteiger charge is -2.54. The third kappa shape index (κ3) is 5.12. The van der Waals surface area contributed by atoms with E-state index in [2.05, 4.69) is 55.2 Å². The number of thiophene rings is 1. The molecule has 7 rings (SSSR count). The van der Waals surface area contributed by atoms with E-state index in [0.29, 0.717) is 33.8 Å². The quantitative estimate of drug-likeness (QED) is 0.240. The minimum atomic E-state index is -4.24. The average molecular weight is 607 g/mol. The number of hydrogen-bond acceptors (Lipinski definition) is 9. The van der Waals surface area contributed by atoms with Crippen molar-refractivity contribution in [3.05, 3.63) is 63.7 Å². The maximum Gasteiger partial charge on any atom is 0.393 e. The topological polar surface area (TPSA) is 99.9 Å². The summed E-state index contributed by atoms with van der Waals surface area (Å²) in [6, 6.07) is 10.1. The monoisotopic (exact) mass is 606 g/mol. The van der Waals surface area contributed by atoms with E-state index in [1.165, 1.54) is 17.5 Å². The SMILES string of the molecule is Cc1nonc1Cn1c(C#N)cc2c(C)c(CN3CCC4(CC3)CN(c3ncnc5sc(CC(F)(F)F)cc35)C4)ccc21. The fourth-order valence-electron chi connectivity index (χ4n) is 6.58. The fraction of sp³-hybridized carbons (Fsp3) is 0.433. The van der Waals surface area contributed by atoms with Crippen LogP contribution in [0, 0.1) is 30.6 Å². The Morgan fingerprint density at radius 3 is 2.53 bits per heavy atom. The van der Waals surface area contributed by atoms with E-state index in [1.54, 1.807) is 6.07 Å². The number of aromatic nitrogens is 5. The summed E-state index contributed by atoms with van der Waals surface area (Å²) in [6.45, 7) is 8.88. The van der Waals surface area contributed by atoms with Crippen molar-refractivity contribution in [1.82, 2.24) is 29.7 Å². The number of rotatable bonds is 6. The molecule has 2 aliphatic heterocycles. The van der Waals surface area contributed by atoms with Gasteiger partial charge in [-0.05, 0) is 69.1 Å². The molecule has 2 saturated heterocycles. The van der Waals surface area contributed by atoms with Crippen LogP contribution in [0.5, 0.6) is 0 Å². The van der Waals surface area contributed by atoms with Gasteiger partial charge in [0.1, 0.15) is 40.1 Å². The molecular weight excluding hydrogens is 577 g/mol. The zero-order valence-corrected chi connectivity index (χ0v) is 24.6. The molecule has 0 aliphatic carbocycles. The maximum atomic E-state index is 12.9. The summed E-state index contributed by atoms with van der Waals surface area (Å²) in [4.78, 5) is 14.2. The molecule has 1 spiro atoms. The molecule has 43 heavy (non-hydrogen) atoms. The van der Waals surface area contributed by atoms with Crippen LogP contribution in [0.2, 0.25) is 0 Å². The molecule has 6 heterocycles. The fourth-order valence-corrected chi connectivity index (χ4v) is 7.60. The van der Waals surface area contributed by atoms with Gasteiger partial charge in [0.05, 0.1) is 18.4 Å². The highest BCUT2D eigenvalue weighted by Crippen LogP contribution is 2.45. The molecule has 0 unspecified atom stereocenters. The van der Waals surface area contributed by atoms with Crippen LogP contribution in [0.4, 0.5) is 19.0 Å². The van der Waals surface area contributed by atoms with Crippen LogP contribution in [0.1, 0.15) is 45.9 Å². The van der Waals surface area contributed by atoms with Gasteiger partial charge in [0.25, 0.3) is 0 Å². The van der Waals surface area contributed by atoms with E-state index in [9.17, 15) is 18.4 Å². The van der Waals surface area contributed by atoms with Crippen molar-refractivity contribution >= 4 is 38.3 Å². The van der Waals surface area contributed by atoms with Crippen molar-refractivity contribution in [2.75, 3.05) is 31.1 Å². The number of nitrogens with zero attached hydrogens (tertiary/aromatic N) is 8. The van der Waals surface area contributed by atoms with Crippen LogP contribution in [-0.4, -0.2) is 62.1 Å². The Morgan fingerprint density at radius 1 is 1.05 bits per heavy atom. The van der Waals surface area contributed by atoms with Crippen molar-refractivity contribution in [1.29, 1.82) is 5.26 Å². The lowest BCUT2D eigenvalue weighted by atomic mass is 9.72. The van der Waals surface area contributed by atoms with Crippen LogP contribution in [0.3, 0.4) is 0 Å². The number of aryl methyl sites for hydroxylation is 2. The summed E-state index contributed by atoms with van der Waals surface area (Å²) in [5.41, 5.74) is 5.60. The number of halogens is 3. The Balaban J connectivity index is 1.01. The second kappa shape index (κ2) is 10.3. The highest BCUT2D eigenvalue weighted by molar-refractivity contribution is 7.18. The van der Waals surface area contributed by atoms with Gasteiger partial charge in [-0.1, -0.05) is 16.4 Å². The Hall–Kier alpha value is -4.02. The number of anilines is 1. The Labute approximate surface area is 249 Å². The van der Waals surface area contributed by atoms with E-state index in [4.69, 9.17) is 4.63 Å². The predicted molar refractivity (Wildman–Crippen MR) is 156 cm³/mol. The predicted octanol–water partition coefficient (Wildman–Crippen LogP) is 5.77. The van der Waals surface area contributed by atoms with E-state index in [0.717, 1.165) is 73.6 Å². The third-order valence-electron chi connectivity index (χ3n) is 9.03. The summed E-state index contributed by atoms with van der Waals surface area (Å²) in [5, 5.41) is 19.4. The molecule has 1 aromatic carbocycles. The first-order chi connectivity index (χ1) is 20.6. The standard InChI is InChI=1S/C30H29F3N8OS/c1-18-20(3-4-26-23(18)9-21(12-34)41(26)14-25-19(2)37-42-38-25)13-39-7-5-29(6-8-39)15-40(16-29)27-24-10-22(11-30(31,32)33)43-28(24)36-17-35-27/h3-4,9-10,17H,5-8,11,13-16H2,1-2H3.